The van der Waals surface area contributed by atoms with Crippen LogP contribution in [-0.4, -0.2) is 13.0 Å². The van der Waals surface area contributed by atoms with E-state index >= 15 is 0 Å². The van der Waals surface area contributed by atoms with Crippen molar-refractivity contribution < 1.29 is 13.0 Å². The lowest BCUT2D eigenvalue weighted by atomic mass is 10.0. The molecule has 1 aromatic rings. The first-order valence-corrected chi connectivity index (χ1v) is 7.14. The molecule has 0 spiro atoms. The van der Waals surface area contributed by atoms with Gasteiger partial charge >= 0.3 is 0 Å². The fourth-order valence-corrected chi connectivity index (χ4v) is 2.66. The van der Waals surface area contributed by atoms with Crippen LogP contribution in [0.5, 0.6) is 0 Å². The number of alkyl halides is 1. The van der Waals surface area contributed by atoms with E-state index in [2.05, 4.69) is 22.6 Å². The van der Waals surface area contributed by atoms with Crippen molar-refractivity contribution in [1.82, 2.24) is 0 Å². The summed E-state index contributed by atoms with van der Waals surface area (Å²) < 4.78 is 31.2. The molecule has 0 aliphatic rings. The van der Waals surface area contributed by atoms with E-state index in [1.54, 1.807) is 0 Å². The van der Waals surface area contributed by atoms with Gasteiger partial charge in [-0.1, -0.05) is 22.6 Å². The highest BCUT2D eigenvalue weighted by atomic mass is 127. The Morgan fingerprint density at radius 2 is 1.87 bits per heavy atom. The van der Waals surface area contributed by atoms with Crippen LogP contribution in [0.25, 0.3) is 0 Å². The molecule has 0 aliphatic carbocycles. The smallest absolute Gasteiger partial charge is 0.282 e. The molecule has 0 radical (unpaired) electrons. The first kappa shape index (κ1) is 12.9. The monoisotopic (exact) mass is 340 g/mol. The number of benzene rings is 1. The summed E-state index contributed by atoms with van der Waals surface area (Å²) in [6, 6.07) is 3.03. The highest BCUT2D eigenvalue weighted by Crippen LogP contribution is 2.29. The Morgan fingerprint density at radius 3 is 2.27 bits per heavy atom. The van der Waals surface area contributed by atoms with Gasteiger partial charge in [0.2, 0.25) is 0 Å². The Morgan fingerprint density at radius 1 is 1.33 bits per heavy atom. The third kappa shape index (κ3) is 2.92. The van der Waals surface area contributed by atoms with Gasteiger partial charge in [0.15, 0.2) is 0 Å². The molecule has 0 aliphatic heterocycles. The van der Waals surface area contributed by atoms with Gasteiger partial charge in [0.1, 0.15) is 0 Å². The van der Waals surface area contributed by atoms with E-state index in [1.165, 1.54) is 12.1 Å². The van der Waals surface area contributed by atoms with Crippen molar-refractivity contribution in [3.8, 4) is 0 Å². The van der Waals surface area contributed by atoms with Crippen LogP contribution in [0, 0.1) is 13.8 Å². The Labute approximate surface area is 104 Å². The van der Waals surface area contributed by atoms with Crippen molar-refractivity contribution in [2.24, 2.45) is 0 Å². The van der Waals surface area contributed by atoms with Crippen molar-refractivity contribution in [1.29, 1.82) is 0 Å². The van der Waals surface area contributed by atoms with E-state index in [4.69, 9.17) is 4.55 Å². The summed E-state index contributed by atoms with van der Waals surface area (Å²) in [6.45, 7) is 5.77. The van der Waals surface area contributed by atoms with Crippen LogP contribution >= 0.6 is 22.6 Å². The zero-order chi connectivity index (χ0) is 11.8. The summed E-state index contributed by atoms with van der Waals surface area (Å²) in [5, 5.41) is 0. The average molecular weight is 340 g/mol. The molecule has 1 unspecified atom stereocenters. The Balaban J connectivity index is 3.50. The molecule has 0 heterocycles. The molecular weight excluding hydrogens is 327 g/mol. The molecule has 1 atom stereocenters. The van der Waals surface area contributed by atoms with Crippen molar-refractivity contribution in [2.75, 3.05) is 0 Å². The van der Waals surface area contributed by atoms with Gasteiger partial charge in [-0.05, 0) is 49.6 Å². The number of aryl methyl sites for hydroxylation is 1. The van der Waals surface area contributed by atoms with Crippen LogP contribution in [-0.2, 0) is 10.1 Å². The minimum Gasteiger partial charge on any atom is -0.282 e. The molecule has 0 aromatic heterocycles. The summed E-state index contributed by atoms with van der Waals surface area (Å²) in [4.78, 5) is -0.0240. The number of hydrogen-bond acceptors (Lipinski definition) is 2. The van der Waals surface area contributed by atoms with Gasteiger partial charge in [-0.2, -0.15) is 8.42 Å². The van der Waals surface area contributed by atoms with Gasteiger partial charge in [0.25, 0.3) is 10.1 Å². The maximum atomic E-state index is 11.0. The standard InChI is InChI=1S/C10H13IO3S/c1-6-4-9(15(12,13)14)5-10(7(6)2)8(3)11/h4-5,8H,1-3H3,(H,12,13,14). The Bertz CT molecular complexity index is 478. The molecule has 1 N–H and O–H groups in total. The minimum absolute atomic E-state index is 0.0240. The van der Waals surface area contributed by atoms with Crippen molar-refractivity contribution >= 4 is 32.7 Å². The molecule has 0 fully saturated rings. The molecule has 1 rings (SSSR count). The van der Waals surface area contributed by atoms with Crippen molar-refractivity contribution in [2.45, 2.75) is 29.6 Å². The van der Waals surface area contributed by atoms with Crippen LogP contribution in [0.2, 0.25) is 0 Å². The van der Waals surface area contributed by atoms with E-state index in [-0.39, 0.29) is 8.82 Å². The molecule has 0 saturated carbocycles. The summed E-state index contributed by atoms with van der Waals surface area (Å²) in [5.41, 5.74) is 2.90. The quantitative estimate of drug-likeness (QED) is 0.511. The lowest BCUT2D eigenvalue weighted by molar-refractivity contribution is 0.483. The predicted octanol–water partition coefficient (Wildman–Crippen LogP) is 3.05. The maximum Gasteiger partial charge on any atom is 0.294 e. The number of rotatable bonds is 2. The largest absolute Gasteiger partial charge is 0.294 e. The second-order valence-electron chi connectivity index (χ2n) is 3.55. The summed E-state index contributed by atoms with van der Waals surface area (Å²) in [6.07, 6.45) is 0. The van der Waals surface area contributed by atoms with Crippen LogP contribution < -0.4 is 0 Å². The molecule has 1 aromatic carbocycles. The third-order valence-electron chi connectivity index (χ3n) is 2.41. The van der Waals surface area contributed by atoms with E-state index in [9.17, 15) is 8.42 Å². The molecule has 5 heteroatoms. The number of halogens is 1. The van der Waals surface area contributed by atoms with Crippen LogP contribution in [0.15, 0.2) is 17.0 Å². The van der Waals surface area contributed by atoms with Crippen LogP contribution in [0.4, 0.5) is 0 Å². The maximum absolute atomic E-state index is 11.0. The lowest BCUT2D eigenvalue weighted by Crippen LogP contribution is -2.02. The minimum atomic E-state index is -4.10. The summed E-state index contributed by atoms with van der Waals surface area (Å²) in [5.74, 6) is 0. The first-order valence-electron chi connectivity index (χ1n) is 4.46. The van der Waals surface area contributed by atoms with E-state index in [1.807, 2.05) is 20.8 Å². The van der Waals surface area contributed by atoms with Gasteiger partial charge < -0.3 is 0 Å². The molecule has 15 heavy (non-hydrogen) atoms. The van der Waals surface area contributed by atoms with Gasteiger partial charge in [-0.15, -0.1) is 0 Å². The average Bonchev–Trinajstić information content (AvgIpc) is 2.06. The molecule has 84 valence electrons. The second kappa shape index (κ2) is 4.39. The zero-order valence-electron chi connectivity index (χ0n) is 8.78. The lowest BCUT2D eigenvalue weighted by Gasteiger charge is -2.12. The van der Waals surface area contributed by atoms with Gasteiger partial charge in [0, 0.05) is 3.92 Å². The Hall–Kier alpha value is -0.140. The van der Waals surface area contributed by atoms with Crippen molar-refractivity contribution in [3.63, 3.8) is 0 Å². The van der Waals surface area contributed by atoms with Gasteiger partial charge in [0.05, 0.1) is 4.90 Å². The molecule has 0 bridgehead atoms. The fraction of sp³-hybridized carbons (Fsp3) is 0.400. The normalized spacial score (nSPS) is 13.9. The highest BCUT2D eigenvalue weighted by Gasteiger charge is 2.15. The fourth-order valence-electron chi connectivity index (χ4n) is 1.41. The molecular formula is C10H13IO3S. The summed E-state index contributed by atoms with van der Waals surface area (Å²) in [7, 11) is -4.10. The van der Waals surface area contributed by atoms with E-state index < -0.39 is 10.1 Å². The highest BCUT2D eigenvalue weighted by molar-refractivity contribution is 14.1. The van der Waals surface area contributed by atoms with Crippen molar-refractivity contribution in [3.05, 3.63) is 28.8 Å². The SMILES string of the molecule is Cc1cc(S(=O)(=O)O)cc(C(C)I)c1C. The Kier molecular flexibility index (Phi) is 3.78. The predicted molar refractivity (Wildman–Crippen MR) is 68.2 cm³/mol. The van der Waals surface area contributed by atoms with E-state index in [0.717, 1.165) is 16.7 Å². The first-order chi connectivity index (χ1) is 6.73. The van der Waals surface area contributed by atoms with Crippen LogP contribution in [0.1, 0.15) is 27.5 Å². The zero-order valence-corrected chi connectivity index (χ0v) is 11.8. The summed E-state index contributed by atoms with van der Waals surface area (Å²) >= 11 is 2.22. The van der Waals surface area contributed by atoms with E-state index in [0.29, 0.717) is 0 Å². The number of hydrogen-bond donors (Lipinski definition) is 1. The molecule has 0 saturated heterocycles. The molecule has 3 nitrogen and oxygen atoms in total. The molecule has 0 amide bonds. The third-order valence-corrected chi connectivity index (χ3v) is 3.91. The van der Waals surface area contributed by atoms with Gasteiger partial charge in [-0.25, -0.2) is 0 Å². The second-order valence-corrected chi connectivity index (χ2v) is 6.84. The topological polar surface area (TPSA) is 54.4 Å². The van der Waals surface area contributed by atoms with Gasteiger partial charge in [-0.3, -0.25) is 4.55 Å². The van der Waals surface area contributed by atoms with Crippen LogP contribution in [0.3, 0.4) is 0 Å².